The molecule has 35 heavy (non-hydrogen) atoms. The summed E-state index contributed by atoms with van der Waals surface area (Å²) < 4.78 is 0. The number of aromatic nitrogens is 2. The molecule has 0 unspecified atom stereocenters. The molecular weight excluding hydrogens is 434 g/mol. The van der Waals surface area contributed by atoms with E-state index < -0.39 is 0 Å². The second-order valence-corrected chi connectivity index (χ2v) is 9.67. The highest BCUT2D eigenvalue weighted by Gasteiger charge is 2.25. The zero-order valence-electron chi connectivity index (χ0n) is 21.0. The number of Topliss-reactive ketones (excluding diaryl/α,β-unsaturated/α-hetero) is 1. The molecule has 1 fully saturated rings. The zero-order chi connectivity index (χ0) is 24.9. The Hall–Kier alpha value is -3.60. The first-order valence-electron chi connectivity index (χ1n) is 12.2. The van der Waals surface area contributed by atoms with Gasteiger partial charge in [-0.05, 0) is 79.5 Å². The predicted molar refractivity (Wildman–Crippen MR) is 140 cm³/mol. The highest BCUT2D eigenvalue weighted by molar-refractivity contribution is 5.95. The van der Waals surface area contributed by atoms with Crippen LogP contribution >= 0.6 is 0 Å². The molecule has 5 heteroatoms. The van der Waals surface area contributed by atoms with E-state index in [2.05, 4.69) is 29.0 Å². The molecule has 0 N–H and O–H groups in total. The second-order valence-electron chi connectivity index (χ2n) is 9.67. The number of carbonyl (C=O) groups is 2. The number of aryl methyl sites for hydroxylation is 2. The Balaban J connectivity index is 1.52. The maximum atomic E-state index is 12.8. The van der Waals surface area contributed by atoms with Crippen molar-refractivity contribution in [3.8, 4) is 11.1 Å². The van der Waals surface area contributed by atoms with Gasteiger partial charge in [0, 0.05) is 50.0 Å². The van der Waals surface area contributed by atoms with Gasteiger partial charge in [0.1, 0.15) is 11.6 Å². The van der Waals surface area contributed by atoms with Crippen LogP contribution in [0.2, 0.25) is 0 Å². The van der Waals surface area contributed by atoms with E-state index in [-0.39, 0.29) is 11.7 Å². The minimum absolute atomic E-state index is 0.0470. The third kappa shape index (κ3) is 6.30. The normalized spacial score (nSPS) is 13.5. The van der Waals surface area contributed by atoms with Gasteiger partial charge >= 0.3 is 0 Å². The van der Waals surface area contributed by atoms with E-state index in [1.165, 1.54) is 18.4 Å². The Morgan fingerprint density at radius 2 is 1.74 bits per heavy atom. The van der Waals surface area contributed by atoms with Crippen LogP contribution in [0.1, 0.15) is 59.1 Å². The van der Waals surface area contributed by atoms with Crippen molar-refractivity contribution < 1.29 is 9.59 Å². The average molecular weight is 468 g/mol. The number of hydrogen-bond acceptors (Lipinski definition) is 4. The Morgan fingerprint density at radius 1 is 1.03 bits per heavy atom. The largest absolute Gasteiger partial charge is 0.341 e. The lowest BCUT2D eigenvalue weighted by Crippen LogP contribution is -2.28. The first-order valence-corrected chi connectivity index (χ1v) is 12.2. The molecule has 1 saturated carbocycles. The van der Waals surface area contributed by atoms with E-state index in [4.69, 9.17) is 0 Å². The highest BCUT2D eigenvalue weighted by Crippen LogP contribution is 2.30. The number of hydrogen-bond donors (Lipinski definition) is 0. The molecule has 0 aliphatic heterocycles. The van der Waals surface area contributed by atoms with Crippen LogP contribution in [0.15, 0.2) is 60.9 Å². The van der Waals surface area contributed by atoms with Crippen molar-refractivity contribution in [3.63, 3.8) is 0 Å². The van der Waals surface area contributed by atoms with Crippen LogP contribution in [0.3, 0.4) is 0 Å². The van der Waals surface area contributed by atoms with Crippen molar-refractivity contribution in [1.82, 2.24) is 14.9 Å². The maximum absolute atomic E-state index is 12.8. The predicted octanol–water partition coefficient (Wildman–Crippen LogP) is 5.85. The third-order valence-electron chi connectivity index (χ3n) is 6.53. The molecule has 5 nitrogen and oxygen atoms in total. The van der Waals surface area contributed by atoms with Crippen LogP contribution in [0, 0.1) is 19.8 Å². The lowest BCUT2D eigenvalue weighted by Gasteiger charge is -2.18. The Kier molecular flexibility index (Phi) is 7.54. The van der Waals surface area contributed by atoms with Crippen LogP contribution in [0.25, 0.3) is 16.7 Å². The number of amides is 1. The first kappa shape index (κ1) is 24.5. The molecule has 0 bridgehead atoms. The molecule has 3 aromatic rings. The molecule has 2 aromatic carbocycles. The standard InChI is InChI=1S/C30H33N3O2/c1-20-7-5-6-8-27(20)26-17-31-29(32-18-26)14-12-24(16-22(3)34)28-13-11-25(15-21(28)2)30(35)33(4)19-23-9-10-23/h5-8,11-13,15,17-18,23H,9-10,14,16,19H2,1-4H3/b24-12-. The van der Waals surface area contributed by atoms with Crippen LogP contribution in [0.4, 0.5) is 0 Å². The van der Waals surface area contributed by atoms with Gasteiger partial charge in [-0.1, -0.05) is 36.4 Å². The van der Waals surface area contributed by atoms with E-state index in [1.807, 2.05) is 67.7 Å². The summed E-state index contributed by atoms with van der Waals surface area (Å²) in [5, 5.41) is 0. The van der Waals surface area contributed by atoms with Crippen molar-refractivity contribution in [2.45, 2.75) is 46.5 Å². The minimum Gasteiger partial charge on any atom is -0.341 e. The molecule has 1 aromatic heterocycles. The molecule has 180 valence electrons. The van der Waals surface area contributed by atoms with Gasteiger partial charge < -0.3 is 4.90 Å². The molecule has 1 amide bonds. The number of rotatable bonds is 9. The number of nitrogens with zero attached hydrogens (tertiary/aromatic N) is 3. The number of benzene rings is 2. The van der Waals surface area contributed by atoms with Crippen LogP contribution in [-0.2, 0) is 11.2 Å². The van der Waals surface area contributed by atoms with E-state index >= 15 is 0 Å². The fraction of sp³-hybridized carbons (Fsp3) is 0.333. The molecule has 1 aliphatic rings. The number of allylic oxidation sites excluding steroid dienone is 2. The van der Waals surface area contributed by atoms with Gasteiger partial charge in [-0.2, -0.15) is 0 Å². The summed E-state index contributed by atoms with van der Waals surface area (Å²) >= 11 is 0. The fourth-order valence-corrected chi connectivity index (χ4v) is 4.40. The number of ketones is 1. The summed E-state index contributed by atoms with van der Waals surface area (Å²) in [5.74, 6) is 1.50. The summed E-state index contributed by atoms with van der Waals surface area (Å²) in [4.78, 5) is 35.8. The molecule has 1 heterocycles. The monoisotopic (exact) mass is 467 g/mol. The molecule has 0 spiro atoms. The maximum Gasteiger partial charge on any atom is 0.253 e. The summed E-state index contributed by atoms with van der Waals surface area (Å²) in [6.07, 6.45) is 9.03. The second kappa shape index (κ2) is 10.8. The van der Waals surface area contributed by atoms with E-state index in [1.54, 1.807) is 6.92 Å². The summed E-state index contributed by atoms with van der Waals surface area (Å²) in [6, 6.07) is 13.9. The van der Waals surface area contributed by atoms with Crippen molar-refractivity contribution in [2.24, 2.45) is 5.92 Å². The summed E-state index contributed by atoms with van der Waals surface area (Å²) in [6.45, 7) is 6.49. The van der Waals surface area contributed by atoms with E-state index in [0.717, 1.165) is 34.4 Å². The molecule has 1 aliphatic carbocycles. The van der Waals surface area contributed by atoms with Crippen molar-refractivity contribution in [3.05, 3.63) is 89.0 Å². The first-order chi connectivity index (χ1) is 16.8. The molecular formula is C30H33N3O2. The van der Waals surface area contributed by atoms with Crippen LogP contribution in [-0.4, -0.2) is 40.2 Å². The topological polar surface area (TPSA) is 63.2 Å². The minimum atomic E-state index is 0.0470. The Bertz CT molecular complexity index is 1260. The van der Waals surface area contributed by atoms with Crippen molar-refractivity contribution in [1.29, 1.82) is 0 Å². The van der Waals surface area contributed by atoms with Crippen molar-refractivity contribution in [2.75, 3.05) is 13.6 Å². The summed E-state index contributed by atoms with van der Waals surface area (Å²) in [7, 11) is 1.87. The third-order valence-corrected chi connectivity index (χ3v) is 6.53. The smallest absolute Gasteiger partial charge is 0.253 e. The molecule has 4 rings (SSSR count). The van der Waals surface area contributed by atoms with Crippen molar-refractivity contribution >= 4 is 17.3 Å². The quantitative estimate of drug-likeness (QED) is 0.396. The Labute approximate surface area is 207 Å². The summed E-state index contributed by atoms with van der Waals surface area (Å²) in [5.41, 5.74) is 6.89. The SMILES string of the molecule is CC(=O)C/C(=C/Cc1ncc(-c2ccccc2C)cn1)c1ccc(C(=O)N(C)CC2CC2)cc1C. The Morgan fingerprint density at radius 3 is 2.37 bits per heavy atom. The average Bonchev–Trinajstić information content (AvgIpc) is 3.66. The fourth-order valence-electron chi connectivity index (χ4n) is 4.40. The van der Waals surface area contributed by atoms with Gasteiger partial charge in [-0.25, -0.2) is 9.97 Å². The highest BCUT2D eigenvalue weighted by atomic mass is 16.2. The van der Waals surface area contributed by atoms with Gasteiger partial charge in [-0.3, -0.25) is 9.59 Å². The van der Waals surface area contributed by atoms with Gasteiger partial charge in [0.25, 0.3) is 5.91 Å². The molecule has 0 atom stereocenters. The van der Waals surface area contributed by atoms with Gasteiger partial charge in [0.05, 0.1) is 0 Å². The van der Waals surface area contributed by atoms with Crippen LogP contribution < -0.4 is 0 Å². The lowest BCUT2D eigenvalue weighted by atomic mass is 9.94. The van der Waals surface area contributed by atoms with Gasteiger partial charge in [0.2, 0.25) is 0 Å². The molecule has 0 radical (unpaired) electrons. The number of carbonyl (C=O) groups excluding carboxylic acids is 2. The van der Waals surface area contributed by atoms with E-state index in [9.17, 15) is 9.59 Å². The zero-order valence-corrected chi connectivity index (χ0v) is 21.0. The van der Waals surface area contributed by atoms with E-state index in [0.29, 0.717) is 30.1 Å². The lowest BCUT2D eigenvalue weighted by molar-refractivity contribution is -0.116. The van der Waals surface area contributed by atoms with Gasteiger partial charge in [0.15, 0.2) is 0 Å². The van der Waals surface area contributed by atoms with Gasteiger partial charge in [-0.15, -0.1) is 0 Å². The van der Waals surface area contributed by atoms with Crippen LogP contribution in [0.5, 0.6) is 0 Å². The molecule has 0 saturated heterocycles.